The van der Waals surface area contributed by atoms with Crippen LogP contribution < -0.4 is 5.32 Å². The Labute approximate surface area is 93.3 Å². The third kappa shape index (κ3) is 2.47. The van der Waals surface area contributed by atoms with Crippen molar-refractivity contribution in [3.63, 3.8) is 0 Å². The van der Waals surface area contributed by atoms with E-state index in [1.54, 1.807) is 11.3 Å². The Hall–Kier alpha value is -1.10. The van der Waals surface area contributed by atoms with Gasteiger partial charge < -0.3 is 4.90 Å². The minimum atomic E-state index is -0.00972. The third-order valence-corrected chi connectivity index (χ3v) is 3.57. The van der Waals surface area contributed by atoms with Crippen molar-refractivity contribution >= 4 is 22.5 Å². The molecule has 0 saturated carbocycles. The van der Waals surface area contributed by atoms with Gasteiger partial charge in [-0.3, -0.25) is 5.32 Å². The minimum absolute atomic E-state index is 0.00972. The standard InChI is InChI=1S/C10H15N3OS/c1-2-8-7-11-9(15-8)12-10(14)13-5-3-4-6-13/h7H,2-6H2,1H3,(H,11,12,14). The zero-order chi connectivity index (χ0) is 10.7. The van der Waals surface area contributed by atoms with Crippen LogP contribution in [0.25, 0.3) is 0 Å². The van der Waals surface area contributed by atoms with Gasteiger partial charge >= 0.3 is 6.03 Å². The number of nitrogens with zero attached hydrogens (tertiary/aromatic N) is 2. The summed E-state index contributed by atoms with van der Waals surface area (Å²) in [6.07, 6.45) is 5.03. The Morgan fingerprint density at radius 3 is 2.93 bits per heavy atom. The van der Waals surface area contributed by atoms with Crippen LogP contribution in [0.15, 0.2) is 6.20 Å². The van der Waals surface area contributed by atoms with E-state index in [0.717, 1.165) is 32.4 Å². The van der Waals surface area contributed by atoms with Gasteiger partial charge in [0, 0.05) is 24.2 Å². The highest BCUT2D eigenvalue weighted by molar-refractivity contribution is 7.15. The fourth-order valence-electron chi connectivity index (χ4n) is 1.62. The summed E-state index contributed by atoms with van der Waals surface area (Å²) in [4.78, 5) is 18.9. The molecule has 2 heterocycles. The molecule has 1 aliphatic rings. The molecule has 0 aromatic carbocycles. The fourth-order valence-corrected chi connectivity index (χ4v) is 2.36. The molecule has 0 radical (unpaired) electrons. The molecule has 82 valence electrons. The maximum Gasteiger partial charge on any atom is 0.323 e. The van der Waals surface area contributed by atoms with E-state index in [1.807, 2.05) is 11.1 Å². The second-order valence-corrected chi connectivity index (χ2v) is 4.72. The summed E-state index contributed by atoms with van der Waals surface area (Å²) in [6.45, 7) is 3.83. The first kappa shape index (κ1) is 10.4. The quantitative estimate of drug-likeness (QED) is 0.839. The van der Waals surface area contributed by atoms with Gasteiger partial charge in [-0.2, -0.15) is 0 Å². The first-order chi connectivity index (χ1) is 7.29. The Kier molecular flexibility index (Phi) is 3.20. The first-order valence-corrected chi connectivity index (χ1v) is 6.12. The van der Waals surface area contributed by atoms with Gasteiger partial charge in [-0.05, 0) is 19.3 Å². The SMILES string of the molecule is CCc1cnc(NC(=O)N2CCCC2)s1. The molecule has 2 amide bonds. The summed E-state index contributed by atoms with van der Waals surface area (Å²) in [7, 11) is 0. The summed E-state index contributed by atoms with van der Waals surface area (Å²) in [6, 6.07) is -0.00972. The molecule has 2 rings (SSSR count). The van der Waals surface area contributed by atoms with Crippen LogP contribution in [0.4, 0.5) is 9.93 Å². The van der Waals surface area contributed by atoms with Gasteiger partial charge in [0.2, 0.25) is 0 Å². The highest BCUT2D eigenvalue weighted by atomic mass is 32.1. The average Bonchev–Trinajstić information content (AvgIpc) is 2.87. The van der Waals surface area contributed by atoms with Crippen molar-refractivity contribution in [2.24, 2.45) is 0 Å². The number of carbonyl (C=O) groups excluding carboxylic acids is 1. The lowest BCUT2D eigenvalue weighted by molar-refractivity contribution is 0.222. The summed E-state index contributed by atoms with van der Waals surface area (Å²) >= 11 is 1.55. The van der Waals surface area contributed by atoms with Crippen molar-refractivity contribution in [1.82, 2.24) is 9.88 Å². The van der Waals surface area contributed by atoms with Crippen molar-refractivity contribution in [3.8, 4) is 0 Å². The average molecular weight is 225 g/mol. The number of urea groups is 1. The summed E-state index contributed by atoms with van der Waals surface area (Å²) < 4.78 is 0. The molecule has 0 unspecified atom stereocenters. The van der Waals surface area contributed by atoms with E-state index < -0.39 is 0 Å². The Balaban J connectivity index is 1.92. The molecular weight excluding hydrogens is 210 g/mol. The zero-order valence-corrected chi connectivity index (χ0v) is 9.64. The highest BCUT2D eigenvalue weighted by Crippen LogP contribution is 2.19. The van der Waals surface area contributed by atoms with Gasteiger partial charge in [0.15, 0.2) is 5.13 Å². The van der Waals surface area contributed by atoms with E-state index in [-0.39, 0.29) is 6.03 Å². The van der Waals surface area contributed by atoms with Gasteiger partial charge in [0.05, 0.1) is 0 Å². The van der Waals surface area contributed by atoms with Gasteiger partial charge in [0.25, 0.3) is 0 Å². The number of aromatic nitrogens is 1. The molecule has 5 heteroatoms. The molecular formula is C10H15N3OS. The molecule has 4 nitrogen and oxygen atoms in total. The van der Waals surface area contributed by atoms with Crippen molar-refractivity contribution < 1.29 is 4.79 Å². The molecule has 0 aliphatic carbocycles. The number of amides is 2. The van der Waals surface area contributed by atoms with Crippen molar-refractivity contribution in [3.05, 3.63) is 11.1 Å². The highest BCUT2D eigenvalue weighted by Gasteiger charge is 2.18. The predicted molar refractivity (Wildman–Crippen MR) is 61.3 cm³/mol. The predicted octanol–water partition coefficient (Wildman–Crippen LogP) is 2.33. The summed E-state index contributed by atoms with van der Waals surface area (Å²) in [5, 5.41) is 3.54. The van der Waals surface area contributed by atoms with Crippen LogP contribution in [0.2, 0.25) is 0 Å². The maximum atomic E-state index is 11.7. The van der Waals surface area contributed by atoms with Crippen LogP contribution in [0.3, 0.4) is 0 Å². The topological polar surface area (TPSA) is 45.2 Å². The fraction of sp³-hybridized carbons (Fsp3) is 0.600. The smallest absolute Gasteiger partial charge is 0.323 e. The van der Waals surface area contributed by atoms with Crippen LogP contribution in [0.5, 0.6) is 0 Å². The zero-order valence-electron chi connectivity index (χ0n) is 8.82. The number of thiazole rings is 1. The number of hydrogen-bond acceptors (Lipinski definition) is 3. The van der Waals surface area contributed by atoms with E-state index >= 15 is 0 Å². The monoisotopic (exact) mass is 225 g/mol. The number of likely N-dealkylation sites (tertiary alicyclic amines) is 1. The Morgan fingerprint density at radius 1 is 1.60 bits per heavy atom. The van der Waals surface area contributed by atoms with E-state index in [4.69, 9.17) is 0 Å². The third-order valence-electron chi connectivity index (χ3n) is 2.51. The normalized spacial score (nSPS) is 15.7. The molecule has 1 aliphatic heterocycles. The molecule has 0 bridgehead atoms. The van der Waals surface area contributed by atoms with E-state index in [2.05, 4.69) is 17.2 Å². The summed E-state index contributed by atoms with van der Waals surface area (Å²) in [5.74, 6) is 0. The van der Waals surface area contributed by atoms with Crippen LogP contribution in [-0.4, -0.2) is 29.0 Å². The van der Waals surface area contributed by atoms with Crippen molar-refractivity contribution in [1.29, 1.82) is 0 Å². The van der Waals surface area contributed by atoms with Gasteiger partial charge in [-0.15, -0.1) is 11.3 Å². The van der Waals surface area contributed by atoms with E-state index in [9.17, 15) is 4.79 Å². The largest absolute Gasteiger partial charge is 0.324 e. The number of aryl methyl sites for hydroxylation is 1. The number of hydrogen-bond donors (Lipinski definition) is 1. The first-order valence-electron chi connectivity index (χ1n) is 5.30. The van der Waals surface area contributed by atoms with Gasteiger partial charge in [-0.25, -0.2) is 9.78 Å². The lowest BCUT2D eigenvalue weighted by atomic mass is 10.4. The van der Waals surface area contributed by atoms with Crippen LogP contribution in [-0.2, 0) is 6.42 Å². The molecule has 0 atom stereocenters. The second-order valence-electron chi connectivity index (χ2n) is 3.61. The van der Waals surface area contributed by atoms with Gasteiger partial charge in [-0.1, -0.05) is 6.92 Å². The molecule has 1 fully saturated rings. The second kappa shape index (κ2) is 4.61. The number of rotatable bonds is 2. The Bertz CT molecular complexity index is 344. The maximum absolute atomic E-state index is 11.7. The lowest BCUT2D eigenvalue weighted by Crippen LogP contribution is -2.32. The minimum Gasteiger partial charge on any atom is -0.324 e. The van der Waals surface area contributed by atoms with Crippen LogP contribution in [0.1, 0.15) is 24.6 Å². The van der Waals surface area contributed by atoms with Crippen LogP contribution >= 0.6 is 11.3 Å². The molecule has 0 spiro atoms. The molecule has 1 aromatic rings. The van der Waals surface area contributed by atoms with Gasteiger partial charge in [0.1, 0.15) is 0 Å². The molecule has 15 heavy (non-hydrogen) atoms. The van der Waals surface area contributed by atoms with Crippen molar-refractivity contribution in [2.75, 3.05) is 18.4 Å². The van der Waals surface area contributed by atoms with E-state index in [0.29, 0.717) is 5.13 Å². The molecule has 1 N–H and O–H groups in total. The molecule has 1 aromatic heterocycles. The van der Waals surface area contributed by atoms with E-state index in [1.165, 1.54) is 4.88 Å². The van der Waals surface area contributed by atoms with Crippen LogP contribution in [0, 0.1) is 0 Å². The number of anilines is 1. The molecule has 1 saturated heterocycles. The lowest BCUT2D eigenvalue weighted by Gasteiger charge is -2.14. The number of carbonyl (C=O) groups is 1. The Morgan fingerprint density at radius 2 is 2.33 bits per heavy atom. The summed E-state index contributed by atoms with van der Waals surface area (Å²) in [5.41, 5.74) is 0. The van der Waals surface area contributed by atoms with Crippen molar-refractivity contribution in [2.45, 2.75) is 26.2 Å². The number of nitrogens with one attached hydrogen (secondary N) is 1.